The van der Waals surface area contributed by atoms with Crippen molar-refractivity contribution in [1.82, 2.24) is 5.32 Å². The SMILES string of the molecule is CCCCCCNCCCCCCCCCCCCS(=O)(=O)O. The third-order valence-electron chi connectivity index (χ3n) is 4.21. The van der Waals surface area contributed by atoms with Crippen LogP contribution in [0, 0.1) is 0 Å². The van der Waals surface area contributed by atoms with E-state index in [0.717, 1.165) is 12.8 Å². The molecule has 0 saturated carbocycles. The second-order valence-electron chi connectivity index (χ2n) is 6.63. The van der Waals surface area contributed by atoms with Crippen LogP contribution in [0.25, 0.3) is 0 Å². The summed E-state index contributed by atoms with van der Waals surface area (Å²) in [6.45, 7) is 4.59. The van der Waals surface area contributed by atoms with Gasteiger partial charge in [0.25, 0.3) is 10.1 Å². The lowest BCUT2D eigenvalue weighted by atomic mass is 10.1. The summed E-state index contributed by atoms with van der Waals surface area (Å²) in [5.74, 6) is -0.0837. The van der Waals surface area contributed by atoms with Crippen LogP contribution in [-0.2, 0) is 10.1 Å². The van der Waals surface area contributed by atoms with E-state index in [1.165, 1.54) is 83.7 Å². The topological polar surface area (TPSA) is 66.4 Å². The van der Waals surface area contributed by atoms with Crippen molar-refractivity contribution in [3.63, 3.8) is 0 Å². The Morgan fingerprint density at radius 1 is 0.652 bits per heavy atom. The molecule has 0 aliphatic carbocycles. The van der Waals surface area contributed by atoms with Crippen LogP contribution in [0.15, 0.2) is 0 Å². The van der Waals surface area contributed by atoms with Gasteiger partial charge in [-0.15, -0.1) is 0 Å². The summed E-state index contributed by atoms with van der Waals surface area (Å²) in [7, 11) is -3.75. The predicted octanol–water partition coefficient (Wildman–Crippen LogP) is 4.95. The number of hydrogen-bond donors (Lipinski definition) is 2. The van der Waals surface area contributed by atoms with Gasteiger partial charge in [0.05, 0.1) is 5.75 Å². The van der Waals surface area contributed by atoms with Crippen molar-refractivity contribution in [3.8, 4) is 0 Å². The molecular weight excluding hydrogens is 310 g/mol. The summed E-state index contributed by atoms with van der Waals surface area (Å²) in [6, 6.07) is 0. The van der Waals surface area contributed by atoms with Crippen molar-refractivity contribution in [3.05, 3.63) is 0 Å². The minimum Gasteiger partial charge on any atom is -0.317 e. The molecular formula is C18H39NO3S. The van der Waals surface area contributed by atoms with Crippen molar-refractivity contribution in [2.75, 3.05) is 18.8 Å². The van der Waals surface area contributed by atoms with Crippen LogP contribution in [0.1, 0.15) is 96.8 Å². The van der Waals surface area contributed by atoms with E-state index in [9.17, 15) is 8.42 Å². The standard InChI is InChI=1S/C18H39NO3S/c1-2-3-4-13-16-19-17-14-11-9-7-5-6-8-10-12-15-18-23(20,21)22/h19H,2-18H2,1H3,(H,20,21,22). The maximum atomic E-state index is 10.5. The third-order valence-corrected chi connectivity index (χ3v) is 5.02. The normalized spacial score (nSPS) is 11.9. The summed E-state index contributed by atoms with van der Waals surface area (Å²) in [6.07, 6.45) is 16.9. The maximum Gasteiger partial charge on any atom is 0.264 e. The molecule has 0 atom stereocenters. The lowest BCUT2D eigenvalue weighted by molar-refractivity contribution is 0.478. The van der Waals surface area contributed by atoms with Gasteiger partial charge >= 0.3 is 0 Å². The highest BCUT2D eigenvalue weighted by Crippen LogP contribution is 2.10. The number of nitrogens with one attached hydrogen (secondary N) is 1. The predicted molar refractivity (Wildman–Crippen MR) is 99.6 cm³/mol. The summed E-state index contributed by atoms with van der Waals surface area (Å²) in [5, 5.41) is 3.53. The molecule has 0 aliphatic rings. The van der Waals surface area contributed by atoms with Crippen LogP contribution in [0.5, 0.6) is 0 Å². The van der Waals surface area contributed by atoms with Crippen LogP contribution < -0.4 is 5.32 Å². The number of unbranched alkanes of at least 4 members (excludes halogenated alkanes) is 12. The highest BCUT2D eigenvalue weighted by molar-refractivity contribution is 7.85. The van der Waals surface area contributed by atoms with E-state index in [1.807, 2.05) is 0 Å². The zero-order valence-corrected chi connectivity index (χ0v) is 16.0. The van der Waals surface area contributed by atoms with Crippen molar-refractivity contribution >= 4 is 10.1 Å². The summed E-state index contributed by atoms with van der Waals surface area (Å²) >= 11 is 0. The lowest BCUT2D eigenvalue weighted by Gasteiger charge is -2.05. The van der Waals surface area contributed by atoms with Gasteiger partial charge in [0.15, 0.2) is 0 Å². The molecule has 2 N–H and O–H groups in total. The molecule has 4 nitrogen and oxygen atoms in total. The van der Waals surface area contributed by atoms with Crippen molar-refractivity contribution in [2.24, 2.45) is 0 Å². The van der Waals surface area contributed by atoms with E-state index in [2.05, 4.69) is 12.2 Å². The zero-order valence-electron chi connectivity index (χ0n) is 15.2. The van der Waals surface area contributed by atoms with Gasteiger partial charge < -0.3 is 5.32 Å². The van der Waals surface area contributed by atoms with Crippen LogP contribution in [0.2, 0.25) is 0 Å². The van der Waals surface area contributed by atoms with Gasteiger partial charge in [-0.1, -0.05) is 77.6 Å². The molecule has 5 heteroatoms. The third kappa shape index (κ3) is 21.9. The molecule has 23 heavy (non-hydrogen) atoms. The summed E-state index contributed by atoms with van der Waals surface area (Å²) < 4.78 is 29.7. The van der Waals surface area contributed by atoms with Crippen molar-refractivity contribution in [2.45, 2.75) is 96.8 Å². The van der Waals surface area contributed by atoms with Gasteiger partial charge in [-0.05, 0) is 32.4 Å². The largest absolute Gasteiger partial charge is 0.317 e. The molecule has 0 saturated heterocycles. The summed E-state index contributed by atoms with van der Waals surface area (Å²) in [4.78, 5) is 0. The lowest BCUT2D eigenvalue weighted by Crippen LogP contribution is -2.16. The average Bonchev–Trinajstić information content (AvgIpc) is 2.49. The molecule has 0 aromatic heterocycles. The molecule has 0 radical (unpaired) electrons. The molecule has 0 aromatic rings. The zero-order chi connectivity index (χ0) is 17.2. The molecule has 0 unspecified atom stereocenters. The van der Waals surface area contributed by atoms with Crippen LogP contribution >= 0.6 is 0 Å². The van der Waals surface area contributed by atoms with Gasteiger partial charge in [-0.25, -0.2) is 0 Å². The molecule has 0 bridgehead atoms. The van der Waals surface area contributed by atoms with Gasteiger partial charge in [-0.2, -0.15) is 8.42 Å². The van der Waals surface area contributed by atoms with E-state index in [-0.39, 0.29) is 5.75 Å². The van der Waals surface area contributed by atoms with Crippen molar-refractivity contribution < 1.29 is 13.0 Å². The number of hydrogen-bond acceptors (Lipinski definition) is 3. The van der Waals surface area contributed by atoms with E-state index >= 15 is 0 Å². The van der Waals surface area contributed by atoms with E-state index in [4.69, 9.17) is 4.55 Å². The van der Waals surface area contributed by atoms with Gasteiger partial charge in [-0.3, -0.25) is 4.55 Å². The Balaban J connectivity index is 3.03. The molecule has 0 amide bonds. The quantitative estimate of drug-likeness (QED) is 0.271. The first kappa shape index (κ1) is 22.9. The Morgan fingerprint density at radius 2 is 1.04 bits per heavy atom. The molecule has 0 aliphatic heterocycles. The molecule has 140 valence electrons. The Kier molecular flexibility index (Phi) is 16.6. The first-order chi connectivity index (χ1) is 11.1. The summed E-state index contributed by atoms with van der Waals surface area (Å²) in [5.41, 5.74) is 0. The van der Waals surface area contributed by atoms with Crippen LogP contribution in [0.3, 0.4) is 0 Å². The van der Waals surface area contributed by atoms with Gasteiger partial charge in [0.1, 0.15) is 0 Å². The van der Waals surface area contributed by atoms with Gasteiger partial charge in [0.2, 0.25) is 0 Å². The molecule has 0 spiro atoms. The van der Waals surface area contributed by atoms with E-state index in [1.54, 1.807) is 0 Å². The molecule has 0 rings (SSSR count). The first-order valence-corrected chi connectivity index (χ1v) is 11.3. The van der Waals surface area contributed by atoms with E-state index < -0.39 is 10.1 Å². The van der Waals surface area contributed by atoms with Crippen LogP contribution in [0.4, 0.5) is 0 Å². The first-order valence-electron chi connectivity index (χ1n) is 9.72. The second kappa shape index (κ2) is 16.7. The second-order valence-corrected chi connectivity index (χ2v) is 8.20. The maximum absolute atomic E-state index is 10.5. The smallest absolute Gasteiger partial charge is 0.264 e. The van der Waals surface area contributed by atoms with Gasteiger partial charge in [0, 0.05) is 0 Å². The molecule has 0 fully saturated rings. The van der Waals surface area contributed by atoms with E-state index in [0.29, 0.717) is 6.42 Å². The number of rotatable bonds is 18. The Morgan fingerprint density at radius 3 is 1.48 bits per heavy atom. The Bertz CT molecular complexity index is 331. The molecule has 0 aromatic carbocycles. The monoisotopic (exact) mass is 349 g/mol. The molecule has 0 heterocycles. The highest BCUT2D eigenvalue weighted by atomic mass is 32.2. The fourth-order valence-corrected chi connectivity index (χ4v) is 3.32. The van der Waals surface area contributed by atoms with Crippen molar-refractivity contribution in [1.29, 1.82) is 0 Å². The Hall–Kier alpha value is -0.130. The minimum atomic E-state index is -3.75. The van der Waals surface area contributed by atoms with Crippen LogP contribution in [-0.4, -0.2) is 31.8 Å². The minimum absolute atomic E-state index is 0.0837. The average molecular weight is 350 g/mol. The fourth-order valence-electron chi connectivity index (χ4n) is 2.75. The fraction of sp³-hybridized carbons (Fsp3) is 1.00. The Labute approximate surface area is 144 Å². The highest BCUT2D eigenvalue weighted by Gasteiger charge is 2.02.